The molecule has 0 bridgehead atoms. The summed E-state index contributed by atoms with van der Waals surface area (Å²) in [6.07, 6.45) is 10.1. The summed E-state index contributed by atoms with van der Waals surface area (Å²) in [4.78, 5) is 0. The Hall–Kier alpha value is -0.823. The van der Waals surface area contributed by atoms with Gasteiger partial charge in [-0.05, 0) is 46.9 Å². The Morgan fingerprint density at radius 1 is 0.696 bits per heavy atom. The first-order valence-corrected chi connectivity index (χ1v) is 12.2. The predicted octanol–water partition coefficient (Wildman–Crippen LogP) is 7.30. The van der Waals surface area contributed by atoms with E-state index in [-0.39, 0.29) is 10.8 Å². The molecule has 1 heteroatoms. The lowest BCUT2D eigenvalue weighted by molar-refractivity contribution is 0.517. The maximum Gasteiger partial charge on any atom is 0.0706 e. The second-order valence-electron chi connectivity index (χ2n) is 10.3. The highest BCUT2D eigenvalue weighted by Gasteiger charge is 2.43. The maximum atomic E-state index is 2.59. The van der Waals surface area contributed by atoms with Crippen molar-refractivity contribution in [2.24, 2.45) is 10.8 Å². The summed E-state index contributed by atoms with van der Waals surface area (Å²) in [6.45, 7) is 23.8. The molecule has 0 saturated carbocycles. The molecular weight excluding hydrogens is 292 g/mol. The quantitative estimate of drug-likeness (QED) is 0.466. The zero-order valence-corrected chi connectivity index (χ0v) is 18.0. The molecule has 2 atom stereocenters. The van der Waals surface area contributed by atoms with Crippen LogP contribution in [0.4, 0.5) is 0 Å². The Kier molecular flexibility index (Phi) is 4.52. The van der Waals surface area contributed by atoms with Crippen molar-refractivity contribution in [2.45, 2.75) is 79.6 Å². The summed E-state index contributed by atoms with van der Waals surface area (Å²) in [6, 6.07) is 0. The second-order valence-corrected chi connectivity index (χ2v) is 15.2. The van der Waals surface area contributed by atoms with Crippen molar-refractivity contribution in [1.82, 2.24) is 0 Å². The van der Waals surface area contributed by atoms with Gasteiger partial charge in [0.1, 0.15) is 0 Å². The van der Waals surface area contributed by atoms with E-state index < -0.39 is 8.07 Å². The zero-order valence-electron chi connectivity index (χ0n) is 17.0. The van der Waals surface area contributed by atoms with Gasteiger partial charge in [0, 0.05) is 0 Å². The van der Waals surface area contributed by atoms with Crippen LogP contribution in [-0.4, -0.2) is 8.07 Å². The van der Waals surface area contributed by atoms with Gasteiger partial charge < -0.3 is 0 Å². The molecule has 0 aromatic rings. The average Bonchev–Trinajstić information content (AvgIpc) is 2.91. The Morgan fingerprint density at radius 2 is 1.00 bits per heavy atom. The minimum absolute atomic E-state index is 0.257. The number of allylic oxidation sites excluding steroid dienone is 8. The highest BCUT2D eigenvalue weighted by Crippen LogP contribution is 2.51. The molecule has 0 aromatic carbocycles. The highest BCUT2D eigenvalue weighted by molar-refractivity contribution is 6.82. The molecule has 0 nitrogen and oxygen atoms in total. The molecule has 0 aliphatic heterocycles. The van der Waals surface area contributed by atoms with E-state index in [9.17, 15) is 0 Å². The summed E-state index contributed by atoms with van der Waals surface area (Å²) in [5.74, 6) is 0. The summed E-state index contributed by atoms with van der Waals surface area (Å²) < 4.78 is 0. The Balaban J connectivity index is 2.38. The summed E-state index contributed by atoms with van der Waals surface area (Å²) in [7, 11) is -1.49. The molecule has 0 saturated heterocycles. The SMILES string of the molecule is CC1=CC(C(C)(C)C)=CC1[Si](C)(C)C1C=C(C(C)(C)C)C=C1C. The van der Waals surface area contributed by atoms with Gasteiger partial charge in [-0.3, -0.25) is 0 Å². The molecule has 0 heterocycles. The molecule has 2 rings (SSSR count). The van der Waals surface area contributed by atoms with E-state index in [4.69, 9.17) is 0 Å². The van der Waals surface area contributed by atoms with Gasteiger partial charge in [0.05, 0.1) is 8.07 Å². The fraction of sp³-hybridized carbons (Fsp3) is 0.636. The molecule has 128 valence electrons. The van der Waals surface area contributed by atoms with Gasteiger partial charge in [-0.25, -0.2) is 0 Å². The average molecular weight is 329 g/mol. The first-order valence-electron chi connectivity index (χ1n) is 9.05. The molecule has 0 radical (unpaired) electrons. The standard InChI is InChI=1S/C22H36Si/c1-15-11-17(21(3,4)5)13-19(15)23(9,10)20-14-18(12-16(20)2)22(6,7)8/h11-14,19-20H,1-10H3. The molecule has 0 fully saturated rings. The van der Waals surface area contributed by atoms with Gasteiger partial charge in [0.25, 0.3) is 0 Å². The van der Waals surface area contributed by atoms with Crippen LogP contribution in [0.1, 0.15) is 55.4 Å². The van der Waals surface area contributed by atoms with Gasteiger partial charge in [-0.2, -0.15) is 0 Å². The van der Waals surface area contributed by atoms with Crippen LogP contribution >= 0.6 is 0 Å². The minimum Gasteiger partial charge on any atom is -0.0763 e. The molecule has 0 spiro atoms. The number of hydrogen-bond acceptors (Lipinski definition) is 0. The van der Waals surface area contributed by atoms with Crippen LogP contribution < -0.4 is 0 Å². The lowest BCUT2D eigenvalue weighted by Crippen LogP contribution is -2.37. The van der Waals surface area contributed by atoms with Crippen molar-refractivity contribution >= 4 is 8.07 Å². The summed E-state index contributed by atoms with van der Waals surface area (Å²) in [5.41, 5.74) is 8.07. The smallest absolute Gasteiger partial charge is 0.0706 e. The fourth-order valence-corrected chi connectivity index (χ4v) is 8.24. The lowest BCUT2D eigenvalue weighted by atomic mass is 9.87. The molecule has 0 N–H and O–H groups in total. The Labute approximate surface area is 145 Å². The normalized spacial score (nSPS) is 26.0. The van der Waals surface area contributed by atoms with Crippen molar-refractivity contribution < 1.29 is 0 Å². The monoisotopic (exact) mass is 328 g/mol. The van der Waals surface area contributed by atoms with E-state index in [1.165, 1.54) is 11.1 Å². The van der Waals surface area contributed by atoms with Crippen LogP contribution in [0.3, 0.4) is 0 Å². The third-order valence-corrected chi connectivity index (χ3v) is 10.2. The van der Waals surface area contributed by atoms with Gasteiger partial charge in [0.2, 0.25) is 0 Å². The molecule has 2 aliphatic carbocycles. The van der Waals surface area contributed by atoms with Crippen LogP contribution in [0.25, 0.3) is 0 Å². The first kappa shape index (κ1) is 18.5. The van der Waals surface area contributed by atoms with E-state index in [0.29, 0.717) is 11.1 Å². The van der Waals surface area contributed by atoms with Crippen LogP contribution in [0, 0.1) is 10.8 Å². The summed E-state index contributed by atoms with van der Waals surface area (Å²) >= 11 is 0. The van der Waals surface area contributed by atoms with Crippen molar-refractivity contribution in [3.05, 3.63) is 46.6 Å². The third-order valence-electron chi connectivity index (χ3n) is 5.78. The predicted molar refractivity (Wildman–Crippen MR) is 108 cm³/mol. The van der Waals surface area contributed by atoms with Crippen molar-refractivity contribution in [2.75, 3.05) is 0 Å². The van der Waals surface area contributed by atoms with E-state index in [1.54, 1.807) is 11.1 Å². The van der Waals surface area contributed by atoms with Gasteiger partial charge in [0.15, 0.2) is 0 Å². The van der Waals surface area contributed by atoms with Crippen molar-refractivity contribution in [1.29, 1.82) is 0 Å². The Bertz CT molecular complexity index is 555. The Morgan fingerprint density at radius 3 is 1.22 bits per heavy atom. The molecule has 23 heavy (non-hydrogen) atoms. The maximum absolute atomic E-state index is 2.59. The van der Waals surface area contributed by atoms with Crippen molar-refractivity contribution in [3.63, 3.8) is 0 Å². The number of rotatable bonds is 2. The van der Waals surface area contributed by atoms with Crippen molar-refractivity contribution in [3.8, 4) is 0 Å². The molecule has 2 unspecified atom stereocenters. The molecular formula is C22H36Si. The van der Waals surface area contributed by atoms with E-state index in [2.05, 4.69) is 92.8 Å². The molecule has 0 amide bonds. The minimum atomic E-state index is -1.49. The van der Waals surface area contributed by atoms with Crippen LogP contribution in [0.5, 0.6) is 0 Å². The topological polar surface area (TPSA) is 0 Å². The number of hydrogen-bond donors (Lipinski definition) is 0. The van der Waals surface area contributed by atoms with Crippen LogP contribution in [0.2, 0.25) is 24.2 Å². The van der Waals surface area contributed by atoms with Gasteiger partial charge in [-0.1, -0.05) is 90.1 Å². The lowest BCUT2D eigenvalue weighted by Gasteiger charge is -2.36. The molecule has 2 aliphatic rings. The van der Waals surface area contributed by atoms with Crippen LogP contribution in [0.15, 0.2) is 46.6 Å². The second kappa shape index (κ2) is 5.62. The third kappa shape index (κ3) is 3.50. The largest absolute Gasteiger partial charge is 0.0763 e. The molecule has 0 aromatic heterocycles. The van der Waals surface area contributed by atoms with E-state index >= 15 is 0 Å². The van der Waals surface area contributed by atoms with E-state index in [1.807, 2.05) is 0 Å². The zero-order chi connectivity index (χ0) is 17.8. The van der Waals surface area contributed by atoms with Crippen LogP contribution in [-0.2, 0) is 0 Å². The summed E-state index contributed by atoms with van der Waals surface area (Å²) in [5, 5.41) is 0. The highest BCUT2D eigenvalue weighted by atomic mass is 28.3. The van der Waals surface area contributed by atoms with E-state index in [0.717, 1.165) is 0 Å². The fourth-order valence-electron chi connectivity index (χ4n) is 4.12. The van der Waals surface area contributed by atoms with Gasteiger partial charge >= 0.3 is 0 Å². The first-order chi connectivity index (χ1) is 10.2. The van der Waals surface area contributed by atoms with Gasteiger partial charge in [-0.15, -0.1) is 0 Å².